The van der Waals surface area contributed by atoms with Crippen LogP contribution in [-0.4, -0.2) is 42.1 Å². The number of carbonyl (C=O) groups is 1. The van der Waals surface area contributed by atoms with Crippen LogP contribution in [-0.2, 0) is 19.4 Å². The van der Waals surface area contributed by atoms with Crippen molar-refractivity contribution >= 4 is 5.91 Å². The highest BCUT2D eigenvalue weighted by molar-refractivity contribution is 5.92. The van der Waals surface area contributed by atoms with E-state index in [1.54, 1.807) is 11.0 Å². The minimum absolute atomic E-state index is 0.194. The molecule has 1 aliphatic rings. The fourth-order valence-corrected chi connectivity index (χ4v) is 3.53. The Balaban J connectivity index is 1.81. The molecule has 2 aromatic rings. The fourth-order valence-electron chi connectivity index (χ4n) is 3.53. The summed E-state index contributed by atoms with van der Waals surface area (Å²) in [6.07, 6.45) is 2.57. The lowest BCUT2D eigenvalue weighted by Gasteiger charge is -2.32. The zero-order valence-electron chi connectivity index (χ0n) is 17.4. The molecule has 1 amide bonds. The maximum atomic E-state index is 13.1. The Bertz CT molecular complexity index is 898. The number of rotatable bonds is 6. The van der Waals surface area contributed by atoms with E-state index in [-0.39, 0.29) is 17.6 Å². The molecule has 1 atom stereocenters. The molecule has 152 valence electrons. The summed E-state index contributed by atoms with van der Waals surface area (Å²) in [5, 5.41) is 4.60. The molecule has 8 heteroatoms. The first-order valence-electron chi connectivity index (χ1n) is 10.1. The average Bonchev–Trinajstić information content (AvgIpc) is 3.03. The summed E-state index contributed by atoms with van der Waals surface area (Å²) in [5.74, 6) is 2.36. The van der Waals surface area contributed by atoms with Crippen LogP contribution in [0.5, 0.6) is 0 Å². The Kier molecular flexibility index (Phi) is 5.96. The third kappa shape index (κ3) is 4.48. The molecule has 0 aromatic carbocycles. The highest BCUT2D eigenvalue weighted by atomic mass is 16.2. The van der Waals surface area contributed by atoms with E-state index >= 15 is 0 Å². The van der Waals surface area contributed by atoms with Crippen LogP contribution in [0.15, 0.2) is 10.9 Å². The van der Waals surface area contributed by atoms with Gasteiger partial charge in [-0.2, -0.15) is 10.1 Å². The van der Waals surface area contributed by atoms with Gasteiger partial charge in [-0.1, -0.05) is 27.7 Å². The van der Waals surface area contributed by atoms with Crippen LogP contribution in [0.4, 0.5) is 0 Å². The Hall–Kier alpha value is -2.51. The van der Waals surface area contributed by atoms with Gasteiger partial charge in [0.2, 0.25) is 0 Å². The van der Waals surface area contributed by atoms with Crippen LogP contribution in [0.1, 0.15) is 74.9 Å². The van der Waals surface area contributed by atoms with Gasteiger partial charge in [0.25, 0.3) is 5.91 Å². The minimum atomic E-state index is -0.481. The first-order valence-corrected chi connectivity index (χ1v) is 10.1. The third-order valence-corrected chi connectivity index (χ3v) is 4.99. The van der Waals surface area contributed by atoms with Gasteiger partial charge in [-0.25, -0.2) is 14.5 Å². The van der Waals surface area contributed by atoms with Crippen LogP contribution in [0.25, 0.3) is 0 Å². The SMILES string of the molecule is CC(C)CCc1nc2n(n1)CCN(C(=O)c1cc(CC(C)C)[nH]c(=O)n1)[C@@H]2C. The second kappa shape index (κ2) is 8.24. The van der Waals surface area contributed by atoms with Crippen molar-refractivity contribution in [2.75, 3.05) is 6.54 Å². The number of nitrogens with zero attached hydrogens (tertiary/aromatic N) is 5. The molecule has 0 aliphatic carbocycles. The predicted octanol–water partition coefficient (Wildman–Crippen LogP) is 2.37. The van der Waals surface area contributed by atoms with Gasteiger partial charge < -0.3 is 9.88 Å². The molecule has 1 N–H and O–H groups in total. The number of aryl methyl sites for hydroxylation is 1. The Morgan fingerprint density at radius 1 is 1.21 bits per heavy atom. The number of fused-ring (bicyclic) bond motifs is 1. The van der Waals surface area contributed by atoms with Crippen molar-refractivity contribution in [3.05, 3.63) is 39.6 Å². The van der Waals surface area contributed by atoms with E-state index in [2.05, 4.69) is 47.7 Å². The number of carbonyl (C=O) groups excluding carboxylic acids is 1. The molecule has 8 nitrogen and oxygen atoms in total. The molecule has 3 rings (SSSR count). The lowest BCUT2D eigenvalue weighted by molar-refractivity contribution is 0.0624. The predicted molar refractivity (Wildman–Crippen MR) is 106 cm³/mol. The number of nitrogens with one attached hydrogen (secondary N) is 1. The molecule has 0 fully saturated rings. The first kappa shape index (κ1) is 20.2. The number of H-pyrrole nitrogens is 1. The maximum Gasteiger partial charge on any atom is 0.345 e. The summed E-state index contributed by atoms with van der Waals surface area (Å²) in [6.45, 7) is 11.6. The lowest BCUT2D eigenvalue weighted by atomic mass is 10.1. The zero-order valence-corrected chi connectivity index (χ0v) is 17.4. The highest BCUT2D eigenvalue weighted by Gasteiger charge is 2.32. The van der Waals surface area contributed by atoms with E-state index in [1.165, 1.54) is 0 Å². The van der Waals surface area contributed by atoms with Gasteiger partial charge in [0.05, 0.1) is 12.6 Å². The molecule has 2 aromatic heterocycles. The largest absolute Gasteiger partial charge is 0.345 e. The second-order valence-electron chi connectivity index (χ2n) is 8.41. The second-order valence-corrected chi connectivity index (χ2v) is 8.41. The van der Waals surface area contributed by atoms with Gasteiger partial charge in [-0.05, 0) is 37.7 Å². The van der Waals surface area contributed by atoms with Crippen molar-refractivity contribution in [1.29, 1.82) is 0 Å². The molecular weight excluding hydrogens is 356 g/mol. The van der Waals surface area contributed by atoms with Crippen molar-refractivity contribution in [2.45, 2.75) is 66.5 Å². The summed E-state index contributed by atoms with van der Waals surface area (Å²) in [4.78, 5) is 38.1. The summed E-state index contributed by atoms with van der Waals surface area (Å²) in [6, 6.07) is 1.49. The molecule has 0 saturated carbocycles. The van der Waals surface area contributed by atoms with Crippen molar-refractivity contribution in [1.82, 2.24) is 29.6 Å². The van der Waals surface area contributed by atoms with E-state index < -0.39 is 5.69 Å². The molecular formula is C20H30N6O2. The number of amides is 1. The van der Waals surface area contributed by atoms with E-state index in [0.29, 0.717) is 31.3 Å². The van der Waals surface area contributed by atoms with Crippen molar-refractivity contribution < 1.29 is 4.79 Å². The van der Waals surface area contributed by atoms with Gasteiger partial charge in [0.15, 0.2) is 5.82 Å². The van der Waals surface area contributed by atoms with Crippen LogP contribution in [0, 0.1) is 11.8 Å². The van der Waals surface area contributed by atoms with E-state index in [0.717, 1.165) is 30.2 Å². The quantitative estimate of drug-likeness (QED) is 0.822. The maximum absolute atomic E-state index is 13.1. The molecule has 3 heterocycles. The zero-order chi connectivity index (χ0) is 20.4. The smallest absolute Gasteiger partial charge is 0.325 e. The van der Waals surface area contributed by atoms with E-state index in [9.17, 15) is 9.59 Å². The van der Waals surface area contributed by atoms with Gasteiger partial charge in [-0.3, -0.25) is 4.79 Å². The van der Waals surface area contributed by atoms with Crippen LogP contribution in [0.3, 0.4) is 0 Å². The summed E-state index contributed by atoms with van der Waals surface area (Å²) in [5.41, 5.74) is 0.451. The average molecular weight is 387 g/mol. The Morgan fingerprint density at radius 3 is 2.64 bits per heavy atom. The topological polar surface area (TPSA) is 96.8 Å². The van der Waals surface area contributed by atoms with E-state index in [1.807, 2.05) is 11.6 Å². The van der Waals surface area contributed by atoms with Gasteiger partial charge in [0, 0.05) is 18.7 Å². The number of hydrogen-bond donors (Lipinski definition) is 1. The van der Waals surface area contributed by atoms with Gasteiger partial charge in [-0.15, -0.1) is 0 Å². The normalized spacial score (nSPS) is 16.7. The monoisotopic (exact) mass is 386 g/mol. The summed E-state index contributed by atoms with van der Waals surface area (Å²) in [7, 11) is 0. The molecule has 1 aliphatic heterocycles. The number of aromatic nitrogens is 5. The van der Waals surface area contributed by atoms with Crippen LogP contribution < -0.4 is 5.69 Å². The first-order chi connectivity index (χ1) is 13.2. The van der Waals surface area contributed by atoms with Gasteiger partial charge in [0.1, 0.15) is 11.5 Å². The number of hydrogen-bond acceptors (Lipinski definition) is 5. The summed E-state index contributed by atoms with van der Waals surface area (Å²) < 4.78 is 1.90. The third-order valence-electron chi connectivity index (χ3n) is 4.99. The molecule has 28 heavy (non-hydrogen) atoms. The number of aromatic amines is 1. The molecule has 0 bridgehead atoms. The van der Waals surface area contributed by atoms with Crippen molar-refractivity contribution in [2.24, 2.45) is 11.8 Å². The van der Waals surface area contributed by atoms with Crippen LogP contribution in [0.2, 0.25) is 0 Å². The molecule has 0 unspecified atom stereocenters. The Morgan fingerprint density at radius 2 is 1.96 bits per heavy atom. The molecule has 0 saturated heterocycles. The minimum Gasteiger partial charge on any atom is -0.325 e. The van der Waals surface area contributed by atoms with Crippen molar-refractivity contribution in [3.63, 3.8) is 0 Å². The Labute approximate surface area is 165 Å². The van der Waals surface area contributed by atoms with Gasteiger partial charge >= 0.3 is 5.69 Å². The molecule has 0 spiro atoms. The highest BCUT2D eigenvalue weighted by Crippen LogP contribution is 2.25. The molecule has 0 radical (unpaired) electrons. The summed E-state index contributed by atoms with van der Waals surface area (Å²) >= 11 is 0. The van der Waals surface area contributed by atoms with Crippen LogP contribution >= 0.6 is 0 Å². The van der Waals surface area contributed by atoms with E-state index in [4.69, 9.17) is 0 Å². The lowest BCUT2D eigenvalue weighted by Crippen LogP contribution is -2.42. The standard InChI is InChI=1S/C20H30N6O2/c1-12(2)6-7-17-23-18-14(5)25(8-9-26(18)24-17)19(27)16-11-15(10-13(3)4)21-20(28)22-16/h11-14H,6-10H2,1-5H3,(H,21,22,28)/t14-/m1/s1. The van der Waals surface area contributed by atoms with Crippen molar-refractivity contribution in [3.8, 4) is 0 Å². The fraction of sp³-hybridized carbons (Fsp3) is 0.650.